The third kappa shape index (κ3) is 2.48. The number of carbonyl (C=O) groups excluding carboxylic acids is 1. The van der Waals surface area contributed by atoms with Crippen LogP contribution in [0.2, 0.25) is 0 Å². The molecule has 0 N–H and O–H groups in total. The Morgan fingerprint density at radius 1 is 1.28 bits per heavy atom. The Hall–Kier alpha value is -1.55. The van der Waals surface area contributed by atoms with Crippen LogP contribution in [0.3, 0.4) is 0 Å². The minimum absolute atomic E-state index is 0.0775. The average molecular weight is 249 g/mol. The van der Waals surface area contributed by atoms with Crippen molar-refractivity contribution >= 4 is 5.78 Å². The molecule has 1 atom stereocenters. The highest BCUT2D eigenvalue weighted by atomic mass is 16.5. The summed E-state index contributed by atoms with van der Waals surface area (Å²) in [5, 5.41) is 0. The highest BCUT2D eigenvalue weighted by molar-refractivity contribution is 5.89. The zero-order valence-electron chi connectivity index (χ0n) is 11.1. The summed E-state index contributed by atoms with van der Waals surface area (Å²) in [5.41, 5.74) is 0.940. The van der Waals surface area contributed by atoms with Crippen molar-refractivity contribution in [3.05, 3.63) is 23.8 Å². The molecule has 98 valence electrons. The van der Waals surface area contributed by atoms with Crippen molar-refractivity contribution in [2.75, 3.05) is 34.4 Å². The minimum atomic E-state index is -0.0775. The van der Waals surface area contributed by atoms with Gasteiger partial charge in [-0.3, -0.25) is 9.69 Å². The SMILES string of the molecule is COc1ccc(OC)c(C2CCN(C)CC2=O)c1. The van der Waals surface area contributed by atoms with E-state index in [0.29, 0.717) is 6.54 Å². The largest absolute Gasteiger partial charge is 0.497 e. The van der Waals surface area contributed by atoms with Crippen molar-refractivity contribution in [1.29, 1.82) is 0 Å². The Labute approximate surface area is 107 Å². The number of ketones is 1. The lowest BCUT2D eigenvalue weighted by atomic mass is 9.88. The highest BCUT2D eigenvalue weighted by Gasteiger charge is 2.29. The number of carbonyl (C=O) groups is 1. The fourth-order valence-electron chi connectivity index (χ4n) is 2.41. The van der Waals surface area contributed by atoms with E-state index in [-0.39, 0.29) is 11.7 Å². The van der Waals surface area contributed by atoms with Crippen molar-refractivity contribution in [1.82, 2.24) is 4.90 Å². The molecule has 0 radical (unpaired) electrons. The fraction of sp³-hybridized carbons (Fsp3) is 0.500. The van der Waals surface area contributed by atoms with E-state index in [1.807, 2.05) is 30.1 Å². The van der Waals surface area contributed by atoms with Crippen LogP contribution in [0.1, 0.15) is 17.9 Å². The Bertz CT molecular complexity index is 445. The second-order valence-corrected chi connectivity index (χ2v) is 4.65. The maximum Gasteiger partial charge on any atom is 0.154 e. The summed E-state index contributed by atoms with van der Waals surface area (Å²) in [6.45, 7) is 1.43. The number of ether oxygens (including phenoxy) is 2. The number of hydrogen-bond acceptors (Lipinski definition) is 4. The van der Waals surface area contributed by atoms with E-state index in [0.717, 1.165) is 30.0 Å². The van der Waals surface area contributed by atoms with Gasteiger partial charge in [0.15, 0.2) is 5.78 Å². The predicted octanol–water partition coefficient (Wildman–Crippen LogP) is 1.69. The number of methoxy groups -OCH3 is 2. The molecule has 2 rings (SSSR count). The van der Waals surface area contributed by atoms with Gasteiger partial charge in [-0.05, 0) is 38.2 Å². The number of hydrogen-bond donors (Lipinski definition) is 0. The highest BCUT2D eigenvalue weighted by Crippen LogP contribution is 2.34. The molecule has 1 unspecified atom stereocenters. The lowest BCUT2D eigenvalue weighted by molar-refractivity contribution is -0.123. The molecule has 1 saturated heterocycles. The Morgan fingerprint density at radius 3 is 2.67 bits per heavy atom. The third-order valence-corrected chi connectivity index (χ3v) is 3.43. The van der Waals surface area contributed by atoms with Crippen molar-refractivity contribution in [2.24, 2.45) is 0 Å². The summed E-state index contributed by atoms with van der Waals surface area (Å²) in [4.78, 5) is 14.2. The summed E-state index contributed by atoms with van der Waals surface area (Å²) < 4.78 is 10.6. The van der Waals surface area contributed by atoms with Gasteiger partial charge in [0.25, 0.3) is 0 Å². The quantitative estimate of drug-likeness (QED) is 0.817. The zero-order valence-corrected chi connectivity index (χ0v) is 11.1. The molecule has 1 heterocycles. The third-order valence-electron chi connectivity index (χ3n) is 3.43. The monoisotopic (exact) mass is 249 g/mol. The summed E-state index contributed by atoms with van der Waals surface area (Å²) >= 11 is 0. The van der Waals surface area contributed by atoms with Crippen LogP contribution in [0.4, 0.5) is 0 Å². The second kappa shape index (κ2) is 5.40. The molecule has 4 nitrogen and oxygen atoms in total. The molecule has 1 aromatic carbocycles. The van der Waals surface area contributed by atoms with Crippen LogP contribution in [0.15, 0.2) is 18.2 Å². The Kier molecular flexibility index (Phi) is 3.87. The van der Waals surface area contributed by atoms with Gasteiger partial charge >= 0.3 is 0 Å². The van der Waals surface area contributed by atoms with Gasteiger partial charge in [0.2, 0.25) is 0 Å². The zero-order chi connectivity index (χ0) is 13.1. The lowest BCUT2D eigenvalue weighted by Crippen LogP contribution is -2.37. The van der Waals surface area contributed by atoms with Crippen LogP contribution in [-0.2, 0) is 4.79 Å². The van der Waals surface area contributed by atoms with Crippen molar-refractivity contribution in [3.63, 3.8) is 0 Å². The lowest BCUT2D eigenvalue weighted by Gasteiger charge is -2.28. The number of nitrogens with zero attached hydrogens (tertiary/aromatic N) is 1. The molecule has 0 aromatic heterocycles. The van der Waals surface area contributed by atoms with Crippen molar-refractivity contribution in [3.8, 4) is 11.5 Å². The van der Waals surface area contributed by atoms with E-state index < -0.39 is 0 Å². The van der Waals surface area contributed by atoms with E-state index in [1.165, 1.54) is 0 Å². The van der Waals surface area contributed by atoms with E-state index in [4.69, 9.17) is 9.47 Å². The number of Topliss-reactive ketones (excluding diaryl/α,β-unsaturated/α-hetero) is 1. The van der Waals surface area contributed by atoms with Crippen LogP contribution in [0, 0.1) is 0 Å². The number of likely N-dealkylation sites (tertiary alicyclic amines) is 1. The topological polar surface area (TPSA) is 38.8 Å². The molecule has 0 bridgehead atoms. The number of likely N-dealkylation sites (N-methyl/N-ethyl adjacent to an activating group) is 1. The van der Waals surface area contributed by atoms with Gasteiger partial charge in [0, 0.05) is 11.5 Å². The van der Waals surface area contributed by atoms with Gasteiger partial charge in [-0.15, -0.1) is 0 Å². The number of benzene rings is 1. The fourth-order valence-corrected chi connectivity index (χ4v) is 2.41. The van der Waals surface area contributed by atoms with E-state index >= 15 is 0 Å². The van der Waals surface area contributed by atoms with E-state index in [9.17, 15) is 4.79 Å². The molecule has 0 aliphatic carbocycles. The minimum Gasteiger partial charge on any atom is -0.497 e. The van der Waals surface area contributed by atoms with Crippen LogP contribution >= 0.6 is 0 Å². The van der Waals surface area contributed by atoms with Crippen LogP contribution in [-0.4, -0.2) is 45.0 Å². The maximum atomic E-state index is 12.1. The normalized spacial score (nSPS) is 20.8. The molecule has 18 heavy (non-hydrogen) atoms. The summed E-state index contributed by atoms with van der Waals surface area (Å²) in [6.07, 6.45) is 0.832. The average Bonchev–Trinajstić information content (AvgIpc) is 2.38. The Balaban J connectivity index is 2.33. The molecule has 1 aliphatic rings. The predicted molar refractivity (Wildman–Crippen MR) is 69.4 cm³/mol. The van der Waals surface area contributed by atoms with Crippen LogP contribution < -0.4 is 9.47 Å². The molecule has 0 amide bonds. The molecule has 0 saturated carbocycles. The van der Waals surface area contributed by atoms with Crippen molar-refractivity contribution in [2.45, 2.75) is 12.3 Å². The maximum absolute atomic E-state index is 12.1. The second-order valence-electron chi connectivity index (χ2n) is 4.65. The standard InChI is InChI=1S/C14H19NO3/c1-15-7-6-11(13(16)9-15)12-8-10(17-2)4-5-14(12)18-3/h4-5,8,11H,6-7,9H2,1-3H3. The molecule has 0 spiro atoms. The van der Waals surface area contributed by atoms with E-state index in [2.05, 4.69) is 0 Å². The first-order chi connectivity index (χ1) is 8.65. The smallest absolute Gasteiger partial charge is 0.154 e. The summed E-state index contributed by atoms with van der Waals surface area (Å²) in [6, 6.07) is 5.62. The van der Waals surface area contributed by atoms with Gasteiger partial charge in [-0.25, -0.2) is 0 Å². The molecular weight excluding hydrogens is 230 g/mol. The number of piperidine rings is 1. The number of rotatable bonds is 3. The molecule has 4 heteroatoms. The first kappa shape index (κ1) is 12.9. The first-order valence-corrected chi connectivity index (χ1v) is 6.09. The molecular formula is C14H19NO3. The summed E-state index contributed by atoms with van der Waals surface area (Å²) in [5.74, 6) is 1.69. The van der Waals surface area contributed by atoms with Gasteiger partial charge in [0.05, 0.1) is 20.8 Å². The van der Waals surface area contributed by atoms with Crippen LogP contribution in [0.25, 0.3) is 0 Å². The molecule has 1 fully saturated rings. The van der Waals surface area contributed by atoms with Gasteiger partial charge in [-0.1, -0.05) is 0 Å². The van der Waals surface area contributed by atoms with Crippen LogP contribution in [0.5, 0.6) is 11.5 Å². The van der Waals surface area contributed by atoms with Crippen molar-refractivity contribution < 1.29 is 14.3 Å². The van der Waals surface area contributed by atoms with Gasteiger partial charge < -0.3 is 9.47 Å². The first-order valence-electron chi connectivity index (χ1n) is 6.09. The van der Waals surface area contributed by atoms with Gasteiger partial charge in [-0.2, -0.15) is 0 Å². The summed E-state index contributed by atoms with van der Waals surface area (Å²) in [7, 11) is 5.23. The van der Waals surface area contributed by atoms with E-state index in [1.54, 1.807) is 14.2 Å². The van der Waals surface area contributed by atoms with Gasteiger partial charge in [0.1, 0.15) is 11.5 Å². The Morgan fingerprint density at radius 2 is 2.06 bits per heavy atom. The molecule has 1 aromatic rings. The molecule has 1 aliphatic heterocycles.